The third kappa shape index (κ3) is 3.44. The maximum Gasteiger partial charge on any atom is 0.239 e. The molecule has 1 fully saturated rings. The molecule has 5 nitrogen and oxygen atoms in total. The van der Waals surface area contributed by atoms with Gasteiger partial charge in [-0.2, -0.15) is 0 Å². The first kappa shape index (κ1) is 12.4. The zero-order valence-electron chi connectivity index (χ0n) is 9.41. The minimum absolute atomic E-state index is 0.118. The minimum atomic E-state index is -0.772. The van der Waals surface area contributed by atoms with Crippen LogP contribution in [-0.4, -0.2) is 43.9 Å². The molecule has 88 valence electrons. The van der Waals surface area contributed by atoms with Crippen LogP contribution in [0.15, 0.2) is 0 Å². The highest BCUT2D eigenvalue weighted by Gasteiger charge is 2.32. The first-order valence-corrected chi connectivity index (χ1v) is 5.33. The summed E-state index contributed by atoms with van der Waals surface area (Å²) in [6, 6.07) is 0. The zero-order valence-corrected chi connectivity index (χ0v) is 9.41. The van der Waals surface area contributed by atoms with Gasteiger partial charge in [-0.05, 0) is 19.9 Å². The van der Waals surface area contributed by atoms with E-state index in [1.54, 1.807) is 6.92 Å². The van der Waals surface area contributed by atoms with E-state index >= 15 is 0 Å². The lowest BCUT2D eigenvalue weighted by Crippen LogP contribution is -2.57. The minimum Gasteiger partial charge on any atom is -0.376 e. The summed E-state index contributed by atoms with van der Waals surface area (Å²) in [5, 5.41) is 3.11. The molecule has 1 aliphatic rings. The van der Waals surface area contributed by atoms with E-state index in [0.717, 1.165) is 13.0 Å². The van der Waals surface area contributed by atoms with Gasteiger partial charge in [0, 0.05) is 0 Å². The molecule has 15 heavy (non-hydrogen) atoms. The summed E-state index contributed by atoms with van der Waals surface area (Å²) in [5.41, 5.74) is 4.57. The lowest BCUT2D eigenvalue weighted by atomic mass is 10.0. The molecule has 5 heteroatoms. The Morgan fingerprint density at radius 3 is 2.73 bits per heavy atom. The third-order valence-corrected chi connectivity index (χ3v) is 2.52. The highest BCUT2D eigenvalue weighted by molar-refractivity contribution is 5.84. The van der Waals surface area contributed by atoms with Gasteiger partial charge in [-0.3, -0.25) is 4.79 Å². The Bertz CT molecular complexity index is 219. The van der Waals surface area contributed by atoms with E-state index < -0.39 is 5.54 Å². The second kappa shape index (κ2) is 5.44. The van der Waals surface area contributed by atoms with Gasteiger partial charge in [-0.25, -0.2) is 0 Å². The Labute approximate surface area is 90.3 Å². The molecule has 0 spiro atoms. The monoisotopic (exact) mass is 216 g/mol. The molecule has 0 aromatic rings. The molecule has 3 N–H and O–H groups in total. The van der Waals surface area contributed by atoms with Gasteiger partial charge in [0.2, 0.25) is 5.91 Å². The molecule has 1 amide bonds. The fourth-order valence-electron chi connectivity index (χ4n) is 1.20. The molecule has 0 saturated carbocycles. The molecule has 1 aliphatic heterocycles. The number of hydrogen-bond donors (Lipinski definition) is 2. The molecule has 0 radical (unpaired) electrons. The summed E-state index contributed by atoms with van der Waals surface area (Å²) in [7, 11) is 0. The normalized spacial score (nSPS) is 20.7. The summed E-state index contributed by atoms with van der Waals surface area (Å²) in [6.45, 7) is 6.09. The van der Waals surface area contributed by atoms with E-state index in [-0.39, 0.29) is 12.0 Å². The summed E-state index contributed by atoms with van der Waals surface area (Å²) in [4.78, 5) is 11.3. The van der Waals surface area contributed by atoms with E-state index in [1.807, 2.05) is 6.92 Å². The average molecular weight is 216 g/mol. The van der Waals surface area contributed by atoms with Crippen molar-refractivity contribution < 1.29 is 14.3 Å². The maximum absolute atomic E-state index is 11.3. The predicted molar refractivity (Wildman–Crippen MR) is 56.5 cm³/mol. The van der Waals surface area contributed by atoms with Gasteiger partial charge in [0.05, 0.1) is 19.8 Å². The Hall–Kier alpha value is -0.650. The fraction of sp³-hybridized carbons (Fsp3) is 0.900. The van der Waals surface area contributed by atoms with Crippen LogP contribution in [-0.2, 0) is 14.3 Å². The first-order valence-electron chi connectivity index (χ1n) is 5.33. The number of rotatable bonds is 7. The van der Waals surface area contributed by atoms with Crippen LogP contribution in [0.4, 0.5) is 0 Å². The zero-order chi connectivity index (χ0) is 11.3. The maximum atomic E-state index is 11.3. The molecule has 0 bridgehead atoms. The molecular formula is C10H20N2O3. The molecule has 1 heterocycles. The quantitative estimate of drug-likeness (QED) is 0.610. The van der Waals surface area contributed by atoms with E-state index in [2.05, 4.69) is 5.32 Å². The third-order valence-electron chi connectivity index (χ3n) is 2.52. The van der Waals surface area contributed by atoms with Crippen LogP contribution in [0.2, 0.25) is 0 Å². The molecule has 1 unspecified atom stereocenters. The van der Waals surface area contributed by atoms with Crippen molar-refractivity contribution >= 4 is 5.91 Å². The largest absolute Gasteiger partial charge is 0.376 e. The summed E-state index contributed by atoms with van der Waals surface area (Å²) >= 11 is 0. The van der Waals surface area contributed by atoms with Crippen molar-refractivity contribution in [1.82, 2.24) is 5.32 Å². The number of ether oxygens (including phenoxy) is 2. The summed E-state index contributed by atoms with van der Waals surface area (Å²) in [5.74, 6) is -0.379. The fourth-order valence-corrected chi connectivity index (χ4v) is 1.20. The number of nitrogens with one attached hydrogen (secondary N) is 1. The number of hydrogen-bond acceptors (Lipinski definition) is 4. The molecule has 0 aromatic carbocycles. The molecule has 1 atom stereocenters. The molecular weight excluding hydrogens is 196 g/mol. The lowest BCUT2D eigenvalue weighted by molar-refractivity contribution is -0.148. The van der Waals surface area contributed by atoms with Gasteiger partial charge >= 0.3 is 0 Å². The SMILES string of the molecule is CCCNC(C)(COC1COC1)C(N)=O. The lowest BCUT2D eigenvalue weighted by Gasteiger charge is -2.32. The van der Waals surface area contributed by atoms with Gasteiger partial charge in [0.25, 0.3) is 0 Å². The predicted octanol–water partition coefficient (Wildman–Crippen LogP) is -0.355. The topological polar surface area (TPSA) is 73.6 Å². The Kier molecular flexibility index (Phi) is 4.50. The van der Waals surface area contributed by atoms with Crippen LogP contribution in [0.5, 0.6) is 0 Å². The molecule has 0 aromatic heterocycles. The molecule has 1 rings (SSSR count). The Morgan fingerprint density at radius 1 is 1.67 bits per heavy atom. The summed E-state index contributed by atoms with van der Waals surface area (Å²) in [6.07, 6.45) is 1.07. The Morgan fingerprint density at radius 2 is 2.33 bits per heavy atom. The van der Waals surface area contributed by atoms with E-state index in [4.69, 9.17) is 15.2 Å². The number of nitrogens with two attached hydrogens (primary N) is 1. The van der Waals surface area contributed by atoms with Crippen molar-refractivity contribution in [3.05, 3.63) is 0 Å². The van der Waals surface area contributed by atoms with Gasteiger partial charge in [-0.1, -0.05) is 6.92 Å². The highest BCUT2D eigenvalue weighted by atomic mass is 16.6. The number of carbonyl (C=O) groups is 1. The van der Waals surface area contributed by atoms with Crippen molar-refractivity contribution in [2.24, 2.45) is 5.73 Å². The van der Waals surface area contributed by atoms with Crippen molar-refractivity contribution in [3.63, 3.8) is 0 Å². The van der Waals surface area contributed by atoms with Crippen LogP contribution in [0.25, 0.3) is 0 Å². The van der Waals surface area contributed by atoms with Crippen LogP contribution in [0, 0.1) is 0 Å². The van der Waals surface area contributed by atoms with Gasteiger partial charge in [-0.15, -0.1) is 0 Å². The van der Waals surface area contributed by atoms with Crippen LogP contribution >= 0.6 is 0 Å². The summed E-state index contributed by atoms with van der Waals surface area (Å²) < 4.78 is 10.5. The van der Waals surface area contributed by atoms with E-state index in [9.17, 15) is 4.79 Å². The highest BCUT2D eigenvalue weighted by Crippen LogP contribution is 2.10. The number of amides is 1. The second-order valence-corrected chi connectivity index (χ2v) is 4.09. The van der Waals surface area contributed by atoms with E-state index in [1.165, 1.54) is 0 Å². The van der Waals surface area contributed by atoms with Crippen LogP contribution < -0.4 is 11.1 Å². The van der Waals surface area contributed by atoms with Crippen molar-refractivity contribution in [2.45, 2.75) is 31.9 Å². The molecule has 0 aliphatic carbocycles. The first-order chi connectivity index (χ1) is 7.08. The smallest absolute Gasteiger partial charge is 0.239 e. The van der Waals surface area contributed by atoms with Gasteiger partial charge in [0.1, 0.15) is 11.6 Å². The molecule has 1 saturated heterocycles. The number of primary amides is 1. The Balaban J connectivity index is 2.36. The number of carbonyl (C=O) groups excluding carboxylic acids is 1. The van der Waals surface area contributed by atoms with Crippen molar-refractivity contribution in [1.29, 1.82) is 0 Å². The van der Waals surface area contributed by atoms with Crippen LogP contribution in [0.3, 0.4) is 0 Å². The van der Waals surface area contributed by atoms with Gasteiger partial charge < -0.3 is 20.5 Å². The van der Waals surface area contributed by atoms with Crippen molar-refractivity contribution in [2.75, 3.05) is 26.4 Å². The van der Waals surface area contributed by atoms with Crippen LogP contribution in [0.1, 0.15) is 20.3 Å². The average Bonchev–Trinajstić information content (AvgIpc) is 2.12. The second-order valence-electron chi connectivity index (χ2n) is 4.09. The standard InChI is InChI=1S/C10H20N2O3/c1-3-4-12-10(2,9(11)13)7-15-8-5-14-6-8/h8,12H,3-7H2,1-2H3,(H2,11,13). The van der Waals surface area contributed by atoms with Crippen molar-refractivity contribution in [3.8, 4) is 0 Å². The van der Waals surface area contributed by atoms with E-state index in [0.29, 0.717) is 19.8 Å². The van der Waals surface area contributed by atoms with Gasteiger partial charge in [0.15, 0.2) is 0 Å².